The highest BCUT2D eigenvalue weighted by Gasteiger charge is 2.33. The van der Waals surface area contributed by atoms with E-state index in [1.54, 1.807) is 0 Å². The van der Waals surface area contributed by atoms with Gasteiger partial charge in [0, 0.05) is 12.5 Å². The molecule has 6 atom stereocenters. The molecule has 6 heteroatoms. The summed E-state index contributed by atoms with van der Waals surface area (Å²) in [6.45, 7) is 15.7. The molecule has 27 heavy (non-hydrogen) atoms. The summed E-state index contributed by atoms with van der Waals surface area (Å²) in [7, 11) is 0. The Kier molecular flexibility index (Phi) is 9.47. The average molecular weight is 379 g/mol. The summed E-state index contributed by atoms with van der Waals surface area (Å²) >= 11 is 0. The van der Waals surface area contributed by atoms with Gasteiger partial charge in [-0.25, -0.2) is 0 Å². The molecular formula is C21H42N6. The van der Waals surface area contributed by atoms with Gasteiger partial charge in [0.15, 0.2) is 0 Å². The molecule has 1 aliphatic heterocycles. The van der Waals surface area contributed by atoms with Crippen LogP contribution in [0.5, 0.6) is 0 Å². The molecule has 0 aromatic heterocycles. The van der Waals surface area contributed by atoms with Gasteiger partial charge in [-0.1, -0.05) is 53.7 Å². The molecule has 0 amide bonds. The van der Waals surface area contributed by atoms with Gasteiger partial charge in [-0.2, -0.15) is 0 Å². The van der Waals surface area contributed by atoms with Crippen LogP contribution in [-0.4, -0.2) is 42.4 Å². The lowest BCUT2D eigenvalue weighted by Crippen LogP contribution is -2.52. The normalized spacial score (nSPS) is 26.0. The first-order valence-corrected chi connectivity index (χ1v) is 10.4. The minimum Gasteiger partial charge on any atom is -0.386 e. The van der Waals surface area contributed by atoms with Crippen molar-refractivity contribution >= 4 is 11.7 Å². The fourth-order valence-corrected chi connectivity index (χ4v) is 3.26. The quantitative estimate of drug-likeness (QED) is 0.280. The minimum atomic E-state index is -0.200. The summed E-state index contributed by atoms with van der Waals surface area (Å²) < 4.78 is 0. The predicted molar refractivity (Wildman–Crippen MR) is 118 cm³/mol. The number of amidine groups is 2. The minimum absolute atomic E-state index is 0.0612. The monoisotopic (exact) mass is 378 g/mol. The standard InChI is InChI=1S/C21H42N6/c1-8-9-10-17-16(11-25-21(27-17)19(23)13(4)5)14(6)15(7)26-20(24)18(22)12(2)3/h9-10,12-19H,8,11,22-23H2,1-7H3,(H2,24,26)(H,25,27)/t14-,15-,16-,17?,18+,19+/m1/s1. The third-order valence-corrected chi connectivity index (χ3v) is 5.70. The van der Waals surface area contributed by atoms with Crippen LogP contribution in [0.15, 0.2) is 22.1 Å². The number of hydrogen-bond acceptors (Lipinski definition) is 5. The van der Waals surface area contributed by atoms with E-state index in [1.165, 1.54) is 0 Å². The third kappa shape index (κ3) is 6.61. The van der Waals surface area contributed by atoms with Crippen LogP contribution in [0.2, 0.25) is 0 Å². The first-order valence-electron chi connectivity index (χ1n) is 10.4. The second-order valence-corrected chi connectivity index (χ2v) is 8.58. The molecule has 0 saturated heterocycles. The van der Waals surface area contributed by atoms with E-state index in [1.807, 2.05) is 0 Å². The molecule has 0 radical (unpaired) electrons. The van der Waals surface area contributed by atoms with E-state index in [4.69, 9.17) is 27.2 Å². The molecule has 0 saturated carbocycles. The van der Waals surface area contributed by atoms with Gasteiger partial charge in [-0.05, 0) is 31.1 Å². The van der Waals surface area contributed by atoms with Crippen molar-refractivity contribution in [3.63, 3.8) is 0 Å². The maximum Gasteiger partial charge on any atom is 0.114 e. The van der Waals surface area contributed by atoms with Gasteiger partial charge in [-0.3, -0.25) is 9.98 Å². The Morgan fingerprint density at radius 1 is 1.19 bits per heavy atom. The van der Waals surface area contributed by atoms with E-state index < -0.39 is 0 Å². The van der Waals surface area contributed by atoms with Crippen LogP contribution < -0.4 is 22.5 Å². The summed E-state index contributed by atoms with van der Waals surface area (Å²) in [5, 5.41) is 3.47. The Hall–Kier alpha value is -1.40. The van der Waals surface area contributed by atoms with E-state index in [9.17, 15) is 0 Å². The summed E-state index contributed by atoms with van der Waals surface area (Å²) in [5.74, 6) is 2.72. The Bertz CT molecular complexity index is 537. The zero-order chi connectivity index (χ0) is 20.7. The lowest BCUT2D eigenvalue weighted by atomic mass is 9.81. The zero-order valence-corrected chi connectivity index (χ0v) is 18.3. The van der Waals surface area contributed by atoms with Crippen molar-refractivity contribution in [2.45, 2.75) is 79.1 Å². The number of hydrogen-bond donors (Lipinski definition) is 4. The number of aliphatic imine (C=N–C) groups is 2. The molecule has 1 rings (SSSR count). The molecule has 1 heterocycles. The third-order valence-electron chi connectivity index (χ3n) is 5.70. The number of allylic oxidation sites excluding steroid dienone is 1. The highest BCUT2D eigenvalue weighted by molar-refractivity contribution is 5.88. The number of nitrogens with one attached hydrogen (secondary N) is 1. The van der Waals surface area contributed by atoms with Gasteiger partial charge in [0.1, 0.15) is 11.7 Å². The van der Waals surface area contributed by atoms with Crippen molar-refractivity contribution < 1.29 is 0 Å². The molecule has 0 aromatic rings. The van der Waals surface area contributed by atoms with Crippen molar-refractivity contribution in [2.75, 3.05) is 6.54 Å². The van der Waals surface area contributed by atoms with Crippen molar-refractivity contribution in [1.82, 2.24) is 5.32 Å². The second kappa shape index (κ2) is 10.8. The lowest BCUT2D eigenvalue weighted by Gasteiger charge is -2.37. The van der Waals surface area contributed by atoms with Gasteiger partial charge >= 0.3 is 0 Å². The van der Waals surface area contributed by atoms with E-state index >= 15 is 0 Å². The highest BCUT2D eigenvalue weighted by atomic mass is 15.1. The van der Waals surface area contributed by atoms with E-state index in [-0.39, 0.29) is 30.1 Å². The SMILES string of the molecule is CCC=CC1N=C([C@@H](N)C(C)C)NC[C@@H]1[C@H](C)[C@@H](C)/N=C(\N)[C@@H](N)C(C)C. The summed E-state index contributed by atoms with van der Waals surface area (Å²) in [6, 6.07) is -0.0733. The second-order valence-electron chi connectivity index (χ2n) is 8.58. The molecular weight excluding hydrogens is 336 g/mol. The maximum atomic E-state index is 6.32. The van der Waals surface area contributed by atoms with Gasteiger partial charge in [-0.15, -0.1) is 0 Å². The largest absolute Gasteiger partial charge is 0.386 e. The first-order chi connectivity index (χ1) is 12.6. The molecule has 1 unspecified atom stereocenters. The highest BCUT2D eigenvalue weighted by Crippen LogP contribution is 2.27. The molecule has 156 valence electrons. The smallest absolute Gasteiger partial charge is 0.114 e. The van der Waals surface area contributed by atoms with Crippen LogP contribution in [0, 0.1) is 23.7 Å². The Morgan fingerprint density at radius 2 is 1.81 bits per heavy atom. The van der Waals surface area contributed by atoms with E-state index in [2.05, 4.69) is 65.9 Å². The average Bonchev–Trinajstić information content (AvgIpc) is 2.63. The Morgan fingerprint density at radius 3 is 2.33 bits per heavy atom. The molecule has 0 aliphatic carbocycles. The number of rotatable bonds is 9. The van der Waals surface area contributed by atoms with Crippen LogP contribution in [0.4, 0.5) is 0 Å². The summed E-state index contributed by atoms with van der Waals surface area (Å²) in [4.78, 5) is 9.67. The van der Waals surface area contributed by atoms with Gasteiger partial charge in [0.2, 0.25) is 0 Å². The van der Waals surface area contributed by atoms with Crippen LogP contribution in [0.1, 0.15) is 54.9 Å². The van der Waals surface area contributed by atoms with Crippen molar-refractivity contribution in [3.8, 4) is 0 Å². The summed E-state index contributed by atoms with van der Waals surface area (Å²) in [5.41, 5.74) is 18.6. The van der Waals surface area contributed by atoms with Crippen molar-refractivity contribution in [3.05, 3.63) is 12.2 Å². The van der Waals surface area contributed by atoms with Gasteiger partial charge in [0.25, 0.3) is 0 Å². The van der Waals surface area contributed by atoms with Crippen molar-refractivity contribution in [1.29, 1.82) is 0 Å². The molecule has 0 fully saturated rings. The Labute approximate surface area is 166 Å². The van der Waals surface area contributed by atoms with Crippen LogP contribution in [0.25, 0.3) is 0 Å². The molecule has 7 N–H and O–H groups in total. The summed E-state index contributed by atoms with van der Waals surface area (Å²) in [6.07, 6.45) is 5.40. The topological polar surface area (TPSA) is 115 Å². The number of nitrogens with zero attached hydrogens (tertiary/aromatic N) is 2. The molecule has 0 bridgehead atoms. The first kappa shape index (κ1) is 23.6. The molecule has 0 spiro atoms. The van der Waals surface area contributed by atoms with Crippen LogP contribution in [-0.2, 0) is 0 Å². The van der Waals surface area contributed by atoms with Gasteiger partial charge in [0.05, 0.1) is 24.2 Å². The fraction of sp³-hybridized carbons (Fsp3) is 0.810. The van der Waals surface area contributed by atoms with Crippen LogP contribution in [0.3, 0.4) is 0 Å². The molecule has 0 aromatic carbocycles. The van der Waals surface area contributed by atoms with Crippen molar-refractivity contribution in [2.24, 2.45) is 50.9 Å². The maximum absolute atomic E-state index is 6.32. The molecule has 6 nitrogen and oxygen atoms in total. The number of nitrogens with two attached hydrogens (primary N) is 3. The van der Waals surface area contributed by atoms with E-state index in [0.717, 1.165) is 18.8 Å². The molecule has 1 aliphatic rings. The predicted octanol–water partition coefficient (Wildman–Crippen LogP) is 2.29. The van der Waals surface area contributed by atoms with Gasteiger partial charge < -0.3 is 22.5 Å². The fourth-order valence-electron chi connectivity index (χ4n) is 3.26. The van der Waals surface area contributed by atoms with Crippen LogP contribution >= 0.6 is 0 Å². The lowest BCUT2D eigenvalue weighted by molar-refractivity contribution is 0.280. The zero-order valence-electron chi connectivity index (χ0n) is 18.3. The Balaban J connectivity index is 3.01. The van der Waals surface area contributed by atoms with E-state index in [0.29, 0.717) is 23.6 Å².